The summed E-state index contributed by atoms with van der Waals surface area (Å²) < 4.78 is 0. The van der Waals surface area contributed by atoms with E-state index in [4.69, 9.17) is 0 Å². The Morgan fingerprint density at radius 3 is 2.81 bits per heavy atom. The van der Waals surface area contributed by atoms with Gasteiger partial charge in [0.2, 0.25) is 11.8 Å². The van der Waals surface area contributed by atoms with Gasteiger partial charge >= 0.3 is 0 Å². The van der Waals surface area contributed by atoms with Crippen molar-refractivity contribution < 1.29 is 14.4 Å². The van der Waals surface area contributed by atoms with Crippen LogP contribution in [0.15, 0.2) is 30.4 Å². The van der Waals surface area contributed by atoms with Crippen LogP contribution in [0.2, 0.25) is 0 Å². The number of hydrogen-bond acceptors (Lipinski definition) is 3. The largest absolute Gasteiger partial charge is 0.296 e. The van der Waals surface area contributed by atoms with Crippen molar-refractivity contribution in [2.45, 2.75) is 33.1 Å². The molecule has 1 unspecified atom stereocenters. The lowest BCUT2D eigenvalue weighted by Crippen LogP contribution is -2.39. The molecule has 21 heavy (non-hydrogen) atoms. The van der Waals surface area contributed by atoms with Crippen molar-refractivity contribution in [3.63, 3.8) is 0 Å². The Bertz CT molecular complexity index is 616. The summed E-state index contributed by atoms with van der Waals surface area (Å²) in [6.45, 7) is 3.54. The molecule has 1 N–H and O–H groups in total. The highest BCUT2D eigenvalue weighted by molar-refractivity contribution is 5.99. The second kappa shape index (κ2) is 6.48. The second-order valence-corrected chi connectivity index (χ2v) is 5.41. The monoisotopic (exact) mass is 285 g/mol. The van der Waals surface area contributed by atoms with Gasteiger partial charge in [0.05, 0.1) is 5.92 Å². The van der Waals surface area contributed by atoms with Gasteiger partial charge in [0, 0.05) is 12.0 Å². The quantitative estimate of drug-likeness (QED) is 0.524. The average molecular weight is 285 g/mol. The van der Waals surface area contributed by atoms with Gasteiger partial charge in [-0.25, -0.2) is 0 Å². The van der Waals surface area contributed by atoms with Crippen molar-refractivity contribution >= 4 is 17.6 Å². The van der Waals surface area contributed by atoms with Crippen molar-refractivity contribution in [2.75, 3.05) is 0 Å². The molecule has 1 aromatic rings. The third-order valence-corrected chi connectivity index (χ3v) is 3.63. The molecule has 0 bridgehead atoms. The Kier molecular flexibility index (Phi) is 4.68. The molecule has 4 nitrogen and oxygen atoms in total. The van der Waals surface area contributed by atoms with Crippen LogP contribution < -0.4 is 5.32 Å². The van der Waals surface area contributed by atoms with Crippen LogP contribution in [-0.2, 0) is 16.0 Å². The zero-order valence-electron chi connectivity index (χ0n) is 12.3. The molecule has 1 heterocycles. The van der Waals surface area contributed by atoms with Gasteiger partial charge in [0.25, 0.3) is 0 Å². The Labute approximate surface area is 124 Å². The lowest BCUT2D eigenvalue weighted by atomic mass is 9.95. The Balaban J connectivity index is 2.07. The highest BCUT2D eigenvalue weighted by Gasteiger charge is 2.23. The molecule has 1 aliphatic rings. The maximum absolute atomic E-state index is 11.6. The van der Waals surface area contributed by atoms with E-state index in [0.29, 0.717) is 24.8 Å². The number of benzene rings is 1. The molecule has 0 aromatic heterocycles. The van der Waals surface area contributed by atoms with Crippen LogP contribution in [0.4, 0.5) is 0 Å². The third-order valence-electron chi connectivity index (χ3n) is 3.63. The lowest BCUT2D eigenvalue weighted by molar-refractivity contribution is -0.135. The van der Waals surface area contributed by atoms with E-state index in [-0.39, 0.29) is 23.5 Å². The minimum atomic E-state index is -0.256. The molecule has 110 valence electrons. The summed E-state index contributed by atoms with van der Waals surface area (Å²) in [5.41, 5.74) is 2.78. The van der Waals surface area contributed by atoms with E-state index in [1.807, 2.05) is 37.3 Å². The molecule has 2 rings (SSSR count). The Hall–Kier alpha value is -2.23. The van der Waals surface area contributed by atoms with E-state index in [0.717, 1.165) is 11.1 Å². The number of ketones is 1. The zero-order valence-corrected chi connectivity index (χ0v) is 12.3. The van der Waals surface area contributed by atoms with E-state index in [9.17, 15) is 14.4 Å². The number of piperidine rings is 1. The number of carbonyl (C=O) groups excluding carboxylic acids is 3. The van der Waals surface area contributed by atoms with Crippen LogP contribution in [0.3, 0.4) is 0 Å². The zero-order chi connectivity index (χ0) is 15.4. The first-order valence-electron chi connectivity index (χ1n) is 7.08. The van der Waals surface area contributed by atoms with Crippen LogP contribution in [0.5, 0.6) is 0 Å². The van der Waals surface area contributed by atoms with E-state index < -0.39 is 0 Å². The van der Waals surface area contributed by atoms with Gasteiger partial charge < -0.3 is 0 Å². The van der Waals surface area contributed by atoms with Crippen molar-refractivity contribution in [1.29, 1.82) is 0 Å². The maximum Gasteiger partial charge on any atom is 0.233 e. The van der Waals surface area contributed by atoms with Gasteiger partial charge in [-0.05, 0) is 32.3 Å². The van der Waals surface area contributed by atoms with Gasteiger partial charge in [-0.15, -0.1) is 0 Å². The van der Waals surface area contributed by atoms with Crippen molar-refractivity contribution in [3.05, 3.63) is 47.0 Å². The molecule has 1 fully saturated rings. The summed E-state index contributed by atoms with van der Waals surface area (Å²) >= 11 is 0. The summed E-state index contributed by atoms with van der Waals surface area (Å²) in [5, 5.41) is 2.33. The topological polar surface area (TPSA) is 63.2 Å². The first-order valence-corrected chi connectivity index (χ1v) is 7.08. The minimum Gasteiger partial charge on any atom is -0.296 e. The first kappa shape index (κ1) is 15.2. The van der Waals surface area contributed by atoms with Crippen molar-refractivity contribution in [2.24, 2.45) is 5.92 Å². The summed E-state index contributed by atoms with van der Waals surface area (Å²) in [5.74, 6) is -0.659. The molecule has 0 saturated carbocycles. The summed E-state index contributed by atoms with van der Waals surface area (Å²) in [4.78, 5) is 34.3. The predicted octanol–water partition coefficient (Wildman–Crippen LogP) is 2.35. The van der Waals surface area contributed by atoms with Gasteiger partial charge in [0.1, 0.15) is 0 Å². The number of hydrogen-bond donors (Lipinski definition) is 1. The fourth-order valence-corrected chi connectivity index (χ4v) is 2.49. The molecule has 4 heteroatoms. The van der Waals surface area contributed by atoms with Crippen LogP contribution in [0, 0.1) is 12.8 Å². The van der Waals surface area contributed by atoms with Gasteiger partial charge in [-0.2, -0.15) is 0 Å². The number of nitrogens with one attached hydrogen (secondary N) is 1. The van der Waals surface area contributed by atoms with Gasteiger partial charge in [0.15, 0.2) is 5.78 Å². The number of imide groups is 1. The van der Waals surface area contributed by atoms with Gasteiger partial charge in [-0.1, -0.05) is 35.9 Å². The Morgan fingerprint density at radius 1 is 1.38 bits per heavy atom. The minimum absolute atomic E-state index is 0.0411. The molecular weight excluding hydrogens is 266 g/mol. The van der Waals surface area contributed by atoms with Crippen LogP contribution in [0.1, 0.15) is 41.3 Å². The fourth-order valence-electron chi connectivity index (χ4n) is 2.49. The third kappa shape index (κ3) is 3.88. The summed E-state index contributed by atoms with van der Waals surface area (Å²) in [6, 6.07) is 5.75. The highest BCUT2D eigenvalue weighted by Crippen LogP contribution is 2.17. The van der Waals surface area contributed by atoms with Crippen LogP contribution in [-0.4, -0.2) is 17.6 Å². The Morgan fingerprint density at radius 2 is 2.14 bits per heavy atom. The smallest absolute Gasteiger partial charge is 0.233 e. The SMILES string of the molecule is CC(=O)c1ccc(C)cc1C/C=C/C1CCC(=O)NC1=O. The summed E-state index contributed by atoms with van der Waals surface area (Å²) in [7, 11) is 0. The number of rotatable bonds is 4. The molecule has 0 aliphatic carbocycles. The van der Waals surface area contributed by atoms with Crippen molar-refractivity contribution in [3.8, 4) is 0 Å². The molecule has 1 aromatic carbocycles. The molecule has 1 aliphatic heterocycles. The molecule has 0 radical (unpaired) electrons. The molecule has 1 saturated heterocycles. The standard InChI is InChI=1S/C17H19NO3/c1-11-6-8-15(12(2)19)14(10-11)5-3-4-13-7-9-16(20)18-17(13)21/h3-4,6,8,10,13H,5,7,9H2,1-2H3,(H,18,20,21)/b4-3+. The molecular formula is C17H19NO3. The predicted molar refractivity (Wildman–Crippen MR) is 79.9 cm³/mol. The number of carbonyl (C=O) groups is 3. The van der Waals surface area contributed by atoms with Crippen LogP contribution in [0.25, 0.3) is 0 Å². The second-order valence-electron chi connectivity index (χ2n) is 5.41. The number of Topliss-reactive ketones (excluding diaryl/α,β-unsaturated/α-hetero) is 1. The average Bonchev–Trinajstić information content (AvgIpc) is 2.41. The van der Waals surface area contributed by atoms with Crippen molar-refractivity contribution in [1.82, 2.24) is 5.32 Å². The van der Waals surface area contributed by atoms with E-state index in [1.165, 1.54) is 0 Å². The number of aryl methyl sites for hydroxylation is 1. The van der Waals surface area contributed by atoms with E-state index in [1.54, 1.807) is 6.92 Å². The molecule has 2 amide bonds. The number of amides is 2. The normalized spacial score (nSPS) is 18.9. The highest BCUT2D eigenvalue weighted by atomic mass is 16.2. The van der Waals surface area contributed by atoms with E-state index >= 15 is 0 Å². The fraction of sp³-hybridized carbons (Fsp3) is 0.353. The number of allylic oxidation sites excluding steroid dienone is 1. The van der Waals surface area contributed by atoms with Crippen LogP contribution >= 0.6 is 0 Å². The van der Waals surface area contributed by atoms with E-state index in [2.05, 4.69) is 5.32 Å². The van der Waals surface area contributed by atoms with Gasteiger partial charge in [-0.3, -0.25) is 19.7 Å². The lowest BCUT2D eigenvalue weighted by Gasteiger charge is -2.17. The summed E-state index contributed by atoms with van der Waals surface area (Å²) in [6.07, 6.45) is 5.27. The first-order chi connectivity index (χ1) is 9.97. The maximum atomic E-state index is 11.6. The molecule has 1 atom stereocenters. The molecule has 0 spiro atoms.